The number of hydrogen-bond acceptors (Lipinski definition) is 4. The van der Waals surface area contributed by atoms with Crippen LogP contribution in [0.25, 0.3) is 0 Å². The molecule has 2 rings (SSSR count). The zero-order valence-electron chi connectivity index (χ0n) is 7.34. The van der Waals surface area contributed by atoms with Crippen molar-refractivity contribution >= 4 is 18.5 Å². The summed E-state index contributed by atoms with van der Waals surface area (Å²) in [5.41, 5.74) is 0.472. The molecule has 0 radical (unpaired) electrons. The van der Waals surface area contributed by atoms with Gasteiger partial charge in [-0.1, -0.05) is 0 Å². The summed E-state index contributed by atoms with van der Waals surface area (Å²) in [6, 6.07) is -0.101. The molecule has 14 heavy (non-hydrogen) atoms. The average Bonchev–Trinajstić information content (AvgIpc) is 2.17. The number of allylic oxidation sites excluding steroid dienone is 1. The number of amides is 1. The van der Waals surface area contributed by atoms with Crippen LogP contribution in [0, 0.1) is 0 Å². The van der Waals surface area contributed by atoms with Gasteiger partial charge in [-0.25, -0.2) is 4.79 Å². The van der Waals surface area contributed by atoms with Gasteiger partial charge in [0.15, 0.2) is 0 Å². The van der Waals surface area contributed by atoms with Crippen LogP contribution in [-0.4, -0.2) is 42.4 Å². The molecule has 0 saturated carbocycles. The van der Waals surface area contributed by atoms with Crippen molar-refractivity contribution in [3.05, 3.63) is 11.8 Å². The smallest absolute Gasteiger partial charge is 0.409 e. The first-order valence-electron chi connectivity index (χ1n) is 4.26. The van der Waals surface area contributed by atoms with E-state index in [0.29, 0.717) is 12.2 Å². The monoisotopic (exact) mass is 194 g/mol. The summed E-state index contributed by atoms with van der Waals surface area (Å²) < 4.78 is 0. The van der Waals surface area contributed by atoms with Gasteiger partial charge < -0.3 is 5.11 Å². The van der Waals surface area contributed by atoms with Gasteiger partial charge in [0, 0.05) is 19.0 Å². The van der Waals surface area contributed by atoms with Gasteiger partial charge in [0.1, 0.15) is 12.2 Å². The Balaban J connectivity index is 2.11. The van der Waals surface area contributed by atoms with E-state index < -0.39 is 6.09 Å². The molecule has 0 saturated heterocycles. The van der Waals surface area contributed by atoms with E-state index in [1.54, 1.807) is 12.3 Å². The lowest BCUT2D eigenvalue weighted by molar-refractivity contribution is 0.198. The Morgan fingerprint density at radius 1 is 1.64 bits per heavy atom. The lowest BCUT2D eigenvalue weighted by Gasteiger charge is -2.25. The molecule has 1 amide bonds. The number of fused-ring (bicyclic) bond motifs is 1. The molecule has 3 N–H and O–H groups in total. The third-order valence-corrected chi connectivity index (χ3v) is 2.00. The Labute approximate surface area is 80.4 Å². The summed E-state index contributed by atoms with van der Waals surface area (Å²) in [6.07, 6.45) is 3.86. The number of nitrogens with one attached hydrogen (secondary N) is 2. The average molecular weight is 194 g/mol. The molecule has 0 spiro atoms. The summed E-state index contributed by atoms with van der Waals surface area (Å²) in [6.45, 7) is 0.702. The first kappa shape index (κ1) is 8.89. The van der Waals surface area contributed by atoms with E-state index in [1.165, 1.54) is 6.21 Å². The van der Waals surface area contributed by atoms with Crippen LogP contribution < -0.4 is 10.6 Å². The molecule has 0 aliphatic carbocycles. The van der Waals surface area contributed by atoms with Crippen molar-refractivity contribution < 1.29 is 9.90 Å². The number of rotatable bonds is 1. The van der Waals surface area contributed by atoms with E-state index in [-0.39, 0.29) is 12.2 Å². The second-order valence-corrected chi connectivity index (χ2v) is 3.01. The zero-order valence-corrected chi connectivity index (χ0v) is 7.34. The van der Waals surface area contributed by atoms with Gasteiger partial charge in [-0.15, -0.1) is 0 Å². The minimum Gasteiger partial charge on any atom is -0.465 e. The highest BCUT2D eigenvalue weighted by Gasteiger charge is 2.23. The van der Waals surface area contributed by atoms with E-state index in [0.717, 1.165) is 0 Å². The van der Waals surface area contributed by atoms with Crippen LogP contribution in [0.3, 0.4) is 0 Å². The second kappa shape index (κ2) is 3.59. The van der Waals surface area contributed by atoms with Crippen molar-refractivity contribution in [2.75, 3.05) is 6.54 Å². The third kappa shape index (κ3) is 1.80. The van der Waals surface area contributed by atoms with Crippen molar-refractivity contribution in [3.8, 4) is 0 Å². The summed E-state index contributed by atoms with van der Waals surface area (Å²) in [5.74, 6) is 0. The standard InChI is InChI=1S/C8H10N4O2/c13-8(14)12-5-3-6-7(11-4-5)10-2-1-9-6/h1,3-4,6-7,10,12H,2H2,(H,13,14). The van der Waals surface area contributed by atoms with Gasteiger partial charge >= 0.3 is 6.09 Å². The fourth-order valence-electron chi connectivity index (χ4n) is 1.41. The van der Waals surface area contributed by atoms with E-state index in [2.05, 4.69) is 20.6 Å². The molecular weight excluding hydrogens is 184 g/mol. The van der Waals surface area contributed by atoms with Gasteiger partial charge in [-0.3, -0.25) is 20.6 Å². The predicted molar refractivity (Wildman–Crippen MR) is 51.8 cm³/mol. The molecule has 2 atom stereocenters. The molecule has 2 unspecified atom stereocenters. The molecule has 2 heterocycles. The van der Waals surface area contributed by atoms with Crippen molar-refractivity contribution in [3.63, 3.8) is 0 Å². The molecule has 0 aromatic heterocycles. The van der Waals surface area contributed by atoms with Crippen LogP contribution in [0.5, 0.6) is 0 Å². The lowest BCUT2D eigenvalue weighted by atomic mass is 10.1. The molecule has 74 valence electrons. The number of carbonyl (C=O) groups is 1. The third-order valence-electron chi connectivity index (χ3n) is 2.00. The van der Waals surface area contributed by atoms with Crippen molar-refractivity contribution in [1.82, 2.24) is 10.6 Å². The Hall–Kier alpha value is -1.69. The number of aliphatic imine (C=N–C) groups is 2. The summed E-state index contributed by atoms with van der Waals surface area (Å²) in [4.78, 5) is 18.7. The molecular formula is C8H10N4O2. The van der Waals surface area contributed by atoms with Crippen LogP contribution >= 0.6 is 0 Å². The highest BCUT2D eigenvalue weighted by molar-refractivity contribution is 5.85. The molecule has 6 heteroatoms. The lowest BCUT2D eigenvalue weighted by Crippen LogP contribution is -2.44. The Morgan fingerprint density at radius 3 is 3.29 bits per heavy atom. The largest absolute Gasteiger partial charge is 0.465 e. The fourth-order valence-corrected chi connectivity index (χ4v) is 1.41. The Kier molecular flexibility index (Phi) is 2.28. The quantitative estimate of drug-likeness (QED) is 0.530. The van der Waals surface area contributed by atoms with Gasteiger partial charge in [-0.05, 0) is 6.08 Å². The van der Waals surface area contributed by atoms with Crippen molar-refractivity contribution in [1.29, 1.82) is 0 Å². The molecule has 2 aliphatic rings. The first-order valence-corrected chi connectivity index (χ1v) is 4.26. The molecule has 0 fully saturated rings. The second-order valence-electron chi connectivity index (χ2n) is 3.01. The molecule has 0 bridgehead atoms. The first-order chi connectivity index (χ1) is 6.75. The van der Waals surface area contributed by atoms with Crippen LogP contribution in [0.2, 0.25) is 0 Å². The van der Waals surface area contributed by atoms with Gasteiger partial charge in [0.2, 0.25) is 0 Å². The van der Waals surface area contributed by atoms with Gasteiger partial charge in [0.25, 0.3) is 0 Å². The number of hydrogen-bond donors (Lipinski definition) is 3. The number of carboxylic acid groups (broad SMARTS) is 1. The van der Waals surface area contributed by atoms with Gasteiger partial charge in [0.05, 0.1) is 5.70 Å². The minimum atomic E-state index is -1.09. The maximum absolute atomic E-state index is 10.4. The van der Waals surface area contributed by atoms with Gasteiger partial charge in [-0.2, -0.15) is 0 Å². The normalized spacial score (nSPS) is 29.3. The van der Waals surface area contributed by atoms with E-state index in [4.69, 9.17) is 5.11 Å². The topological polar surface area (TPSA) is 86.1 Å². The Morgan fingerprint density at radius 2 is 2.50 bits per heavy atom. The molecule has 2 aliphatic heterocycles. The van der Waals surface area contributed by atoms with Crippen molar-refractivity contribution in [2.24, 2.45) is 9.98 Å². The summed E-state index contributed by atoms with van der Waals surface area (Å²) in [7, 11) is 0. The van der Waals surface area contributed by atoms with E-state index in [1.807, 2.05) is 0 Å². The molecule has 0 aromatic carbocycles. The SMILES string of the molecule is O=C(O)NC1=CC2N=CCNC2N=C1. The molecule has 6 nitrogen and oxygen atoms in total. The summed E-state index contributed by atoms with van der Waals surface area (Å²) >= 11 is 0. The van der Waals surface area contributed by atoms with Crippen molar-refractivity contribution in [2.45, 2.75) is 12.2 Å². The maximum atomic E-state index is 10.4. The van der Waals surface area contributed by atoms with Crippen LogP contribution in [0.1, 0.15) is 0 Å². The molecule has 0 aromatic rings. The minimum absolute atomic E-state index is 0.0562. The highest BCUT2D eigenvalue weighted by Crippen LogP contribution is 2.11. The van der Waals surface area contributed by atoms with E-state index >= 15 is 0 Å². The predicted octanol–water partition coefficient (Wildman–Crippen LogP) is -0.409. The zero-order chi connectivity index (χ0) is 9.97. The summed E-state index contributed by atoms with van der Waals surface area (Å²) in [5, 5.41) is 13.9. The van der Waals surface area contributed by atoms with Crippen LogP contribution in [0.15, 0.2) is 21.8 Å². The highest BCUT2D eigenvalue weighted by atomic mass is 16.4. The van der Waals surface area contributed by atoms with Crippen LogP contribution in [-0.2, 0) is 0 Å². The Bertz CT molecular complexity index is 334. The number of dihydropyridines is 1. The van der Waals surface area contributed by atoms with E-state index in [9.17, 15) is 4.79 Å². The maximum Gasteiger partial charge on any atom is 0.409 e. The fraction of sp³-hybridized carbons (Fsp3) is 0.375. The van der Waals surface area contributed by atoms with Crippen LogP contribution in [0.4, 0.5) is 4.79 Å². The number of nitrogens with zero attached hydrogens (tertiary/aromatic N) is 2.